The van der Waals surface area contributed by atoms with Gasteiger partial charge in [-0.2, -0.15) is 13.2 Å². The number of amides is 1. The van der Waals surface area contributed by atoms with Gasteiger partial charge < -0.3 is 10.4 Å². The number of nitrogens with zero attached hydrogens (tertiary/aromatic N) is 1. The minimum absolute atomic E-state index is 0.0354. The zero-order valence-electron chi connectivity index (χ0n) is 17.6. The molecule has 0 unspecified atom stereocenters. The number of halogens is 5. The molecule has 3 aromatic rings. The molecule has 1 amide bonds. The van der Waals surface area contributed by atoms with E-state index in [2.05, 4.69) is 10.3 Å². The van der Waals surface area contributed by atoms with E-state index in [0.29, 0.717) is 5.56 Å². The number of aromatic carboxylic acids is 1. The highest BCUT2D eigenvalue weighted by Gasteiger charge is 2.32. The first-order valence-corrected chi connectivity index (χ1v) is 10.1. The summed E-state index contributed by atoms with van der Waals surface area (Å²) in [5.41, 5.74) is -0.831. The molecule has 0 radical (unpaired) electrons. The van der Waals surface area contributed by atoms with Crippen LogP contribution in [0.5, 0.6) is 0 Å². The smallest absolute Gasteiger partial charge is 0.416 e. The minimum Gasteiger partial charge on any atom is -0.478 e. The quantitative estimate of drug-likeness (QED) is 0.422. The summed E-state index contributed by atoms with van der Waals surface area (Å²) in [6, 6.07) is 12.0. The van der Waals surface area contributed by atoms with Crippen molar-refractivity contribution in [2.75, 3.05) is 0 Å². The molecule has 0 aliphatic heterocycles. The molecule has 10 heteroatoms. The molecule has 2 N–H and O–H groups in total. The Balaban J connectivity index is 1.64. The van der Waals surface area contributed by atoms with E-state index < -0.39 is 41.5 Å². The summed E-state index contributed by atoms with van der Waals surface area (Å²) >= 11 is 0. The maximum Gasteiger partial charge on any atom is 0.416 e. The zero-order chi connectivity index (χ0) is 24.9. The minimum atomic E-state index is -4.53. The molecular formula is C24H19F5N2O3. The summed E-state index contributed by atoms with van der Waals surface area (Å²) in [6.45, 7) is -0.239. The fourth-order valence-corrected chi connectivity index (χ4v) is 3.17. The molecule has 5 nitrogen and oxygen atoms in total. The summed E-state index contributed by atoms with van der Waals surface area (Å²) in [7, 11) is 0. The summed E-state index contributed by atoms with van der Waals surface area (Å²) < 4.78 is 67.9. The number of alkyl halides is 5. The summed E-state index contributed by atoms with van der Waals surface area (Å²) in [6.07, 6.45) is -4.09. The first-order valence-electron chi connectivity index (χ1n) is 10.1. The SMILES string of the molecule is O=C(O)c1ccc(CCC(F)(F)c2ccnc(C(=O)NCc3cccc(C(F)(F)F)c3)c2)cc1. The summed E-state index contributed by atoms with van der Waals surface area (Å²) in [4.78, 5) is 27.0. The van der Waals surface area contributed by atoms with Crippen LogP contribution in [0.3, 0.4) is 0 Å². The van der Waals surface area contributed by atoms with Crippen molar-refractivity contribution in [3.63, 3.8) is 0 Å². The third-order valence-corrected chi connectivity index (χ3v) is 5.05. The molecule has 1 aromatic heterocycles. The monoisotopic (exact) mass is 478 g/mol. The number of hydrogen-bond acceptors (Lipinski definition) is 3. The van der Waals surface area contributed by atoms with Crippen LogP contribution in [0.25, 0.3) is 0 Å². The van der Waals surface area contributed by atoms with Crippen molar-refractivity contribution < 1.29 is 36.6 Å². The van der Waals surface area contributed by atoms with Gasteiger partial charge in [-0.3, -0.25) is 9.78 Å². The molecule has 3 rings (SSSR count). The Hall–Kier alpha value is -3.82. The van der Waals surface area contributed by atoms with Crippen molar-refractivity contribution in [1.29, 1.82) is 0 Å². The lowest BCUT2D eigenvalue weighted by Crippen LogP contribution is -2.25. The summed E-state index contributed by atoms with van der Waals surface area (Å²) in [5, 5.41) is 11.3. The van der Waals surface area contributed by atoms with Crippen LogP contribution in [-0.4, -0.2) is 22.0 Å². The second-order valence-electron chi connectivity index (χ2n) is 7.52. The number of carbonyl (C=O) groups is 2. The van der Waals surface area contributed by atoms with E-state index in [1.54, 1.807) is 0 Å². The molecule has 0 saturated heterocycles. The number of carboxylic acids is 1. The van der Waals surface area contributed by atoms with Crippen molar-refractivity contribution >= 4 is 11.9 Å². The highest BCUT2D eigenvalue weighted by molar-refractivity contribution is 5.92. The number of aromatic nitrogens is 1. The number of aryl methyl sites for hydroxylation is 1. The molecule has 0 spiro atoms. The van der Waals surface area contributed by atoms with Gasteiger partial charge in [0.1, 0.15) is 5.69 Å². The van der Waals surface area contributed by atoms with Crippen LogP contribution in [0.15, 0.2) is 66.9 Å². The number of carbonyl (C=O) groups excluding carboxylic acids is 1. The van der Waals surface area contributed by atoms with E-state index in [1.807, 2.05) is 0 Å². The second kappa shape index (κ2) is 9.98. The normalized spacial score (nSPS) is 11.8. The van der Waals surface area contributed by atoms with Crippen molar-refractivity contribution in [1.82, 2.24) is 10.3 Å². The van der Waals surface area contributed by atoms with Gasteiger partial charge in [0.25, 0.3) is 11.8 Å². The maximum absolute atomic E-state index is 14.7. The molecule has 0 atom stereocenters. The van der Waals surface area contributed by atoms with Crippen molar-refractivity contribution in [3.05, 3.63) is 100 Å². The highest BCUT2D eigenvalue weighted by Crippen LogP contribution is 2.33. The van der Waals surface area contributed by atoms with Crippen molar-refractivity contribution in [3.8, 4) is 0 Å². The average molecular weight is 478 g/mol. The molecule has 34 heavy (non-hydrogen) atoms. The topological polar surface area (TPSA) is 79.3 Å². The number of hydrogen-bond donors (Lipinski definition) is 2. The van der Waals surface area contributed by atoms with Gasteiger partial charge in [-0.1, -0.05) is 24.3 Å². The second-order valence-corrected chi connectivity index (χ2v) is 7.52. The highest BCUT2D eigenvalue weighted by atomic mass is 19.4. The largest absolute Gasteiger partial charge is 0.478 e. The lowest BCUT2D eigenvalue weighted by Gasteiger charge is -2.17. The van der Waals surface area contributed by atoms with Gasteiger partial charge in [0.2, 0.25) is 0 Å². The van der Waals surface area contributed by atoms with Crippen LogP contribution in [-0.2, 0) is 25.1 Å². The van der Waals surface area contributed by atoms with E-state index >= 15 is 0 Å². The molecule has 0 fully saturated rings. The van der Waals surface area contributed by atoms with Gasteiger partial charge in [-0.25, -0.2) is 13.6 Å². The Morgan fingerprint density at radius 1 is 0.882 bits per heavy atom. The molecule has 0 aliphatic carbocycles. The molecule has 2 aromatic carbocycles. The van der Waals surface area contributed by atoms with Crippen LogP contribution >= 0.6 is 0 Å². The first kappa shape index (κ1) is 24.8. The molecular weight excluding hydrogens is 459 g/mol. The van der Waals surface area contributed by atoms with Gasteiger partial charge in [0.15, 0.2) is 0 Å². The van der Waals surface area contributed by atoms with E-state index in [-0.39, 0.29) is 29.8 Å². The number of benzene rings is 2. The molecule has 1 heterocycles. The van der Waals surface area contributed by atoms with Crippen molar-refractivity contribution in [2.24, 2.45) is 0 Å². The number of pyridine rings is 1. The third-order valence-electron chi connectivity index (χ3n) is 5.05. The Morgan fingerprint density at radius 2 is 1.59 bits per heavy atom. The molecule has 0 bridgehead atoms. The van der Waals surface area contributed by atoms with Crippen LogP contribution in [0.4, 0.5) is 22.0 Å². The summed E-state index contributed by atoms with van der Waals surface area (Å²) in [5.74, 6) is -5.23. The standard InChI is InChI=1S/C24H19F5N2O3/c25-23(26,10-8-15-4-6-17(7-5-15)22(33)34)18-9-11-30-20(13-18)21(32)31-14-16-2-1-3-19(12-16)24(27,28)29/h1-7,9,11-13H,8,10,14H2,(H,31,32)(H,33,34). The van der Waals surface area contributed by atoms with Crippen LogP contribution in [0.1, 0.15) is 49.5 Å². The fraction of sp³-hybridized carbons (Fsp3) is 0.208. The zero-order valence-corrected chi connectivity index (χ0v) is 17.6. The fourth-order valence-electron chi connectivity index (χ4n) is 3.17. The van der Waals surface area contributed by atoms with E-state index in [4.69, 9.17) is 5.11 Å². The third kappa shape index (κ3) is 6.37. The van der Waals surface area contributed by atoms with E-state index in [1.165, 1.54) is 36.4 Å². The number of rotatable bonds is 8. The van der Waals surface area contributed by atoms with Gasteiger partial charge in [0.05, 0.1) is 11.1 Å². The Kier molecular flexibility index (Phi) is 7.29. The van der Waals surface area contributed by atoms with Crippen LogP contribution < -0.4 is 5.32 Å². The Labute approximate surface area is 191 Å². The molecule has 0 saturated carbocycles. The van der Waals surface area contributed by atoms with Crippen LogP contribution in [0, 0.1) is 0 Å². The Morgan fingerprint density at radius 3 is 2.24 bits per heavy atom. The van der Waals surface area contributed by atoms with Crippen LogP contribution in [0.2, 0.25) is 0 Å². The lowest BCUT2D eigenvalue weighted by atomic mass is 9.99. The van der Waals surface area contributed by atoms with E-state index in [9.17, 15) is 31.5 Å². The van der Waals surface area contributed by atoms with Gasteiger partial charge in [-0.15, -0.1) is 0 Å². The lowest BCUT2D eigenvalue weighted by molar-refractivity contribution is -0.137. The van der Waals surface area contributed by atoms with Gasteiger partial charge in [0, 0.05) is 24.7 Å². The number of nitrogens with one attached hydrogen (secondary N) is 1. The Bertz CT molecular complexity index is 1180. The number of carboxylic acid groups (broad SMARTS) is 1. The van der Waals surface area contributed by atoms with Crippen molar-refractivity contribution in [2.45, 2.75) is 31.5 Å². The predicted octanol–water partition coefficient (Wildman–Crippen LogP) is 5.45. The van der Waals surface area contributed by atoms with Gasteiger partial charge in [-0.05, 0) is 53.9 Å². The average Bonchev–Trinajstić information content (AvgIpc) is 2.81. The first-order chi connectivity index (χ1) is 16.0. The molecule has 0 aliphatic rings. The van der Waals surface area contributed by atoms with Gasteiger partial charge >= 0.3 is 12.1 Å². The van der Waals surface area contributed by atoms with E-state index in [0.717, 1.165) is 30.5 Å². The molecule has 178 valence electrons. The predicted molar refractivity (Wildman–Crippen MR) is 112 cm³/mol. The maximum atomic E-state index is 14.7.